The summed E-state index contributed by atoms with van der Waals surface area (Å²) < 4.78 is 26.3. The lowest BCUT2D eigenvalue weighted by Crippen LogP contribution is -2.25. The van der Waals surface area contributed by atoms with E-state index in [0.717, 1.165) is 24.2 Å². The molecule has 0 spiro atoms. The highest BCUT2D eigenvalue weighted by Gasteiger charge is 2.30. The van der Waals surface area contributed by atoms with E-state index in [4.69, 9.17) is 11.6 Å². The molecule has 1 aliphatic rings. The number of nitrogens with one attached hydrogen (secondary N) is 2. The fraction of sp³-hybridized carbons (Fsp3) is 0.250. The molecule has 116 valence electrons. The molecule has 1 aromatic carbocycles. The summed E-state index contributed by atoms with van der Waals surface area (Å²) >= 11 is 6.72. The van der Waals surface area contributed by atoms with Crippen molar-refractivity contribution in [2.24, 2.45) is 0 Å². The van der Waals surface area contributed by atoms with E-state index in [1.807, 2.05) is 0 Å². The lowest BCUT2D eigenvalue weighted by Gasteiger charge is -2.02. The maximum atomic E-state index is 12.1. The maximum Gasteiger partial charge on any atom is 0.270 e. The molecule has 0 bridgehead atoms. The molecule has 10 heteroatoms. The Morgan fingerprint density at radius 1 is 1.27 bits per heavy atom. The van der Waals surface area contributed by atoms with E-state index >= 15 is 0 Å². The van der Waals surface area contributed by atoms with Crippen LogP contribution < -0.4 is 10.0 Å². The Balaban J connectivity index is 1.74. The molecule has 3 rings (SSSR count). The van der Waals surface area contributed by atoms with Crippen molar-refractivity contribution in [3.63, 3.8) is 0 Å². The summed E-state index contributed by atoms with van der Waals surface area (Å²) in [6.07, 6.45) is 1.66. The van der Waals surface area contributed by atoms with Gasteiger partial charge < -0.3 is 0 Å². The van der Waals surface area contributed by atoms with Gasteiger partial charge in [-0.1, -0.05) is 35.1 Å². The number of rotatable bonds is 5. The van der Waals surface area contributed by atoms with Crippen molar-refractivity contribution in [3.05, 3.63) is 34.9 Å². The molecule has 1 aliphatic carbocycles. The molecule has 22 heavy (non-hydrogen) atoms. The third-order valence-electron chi connectivity index (χ3n) is 2.87. The van der Waals surface area contributed by atoms with Crippen molar-refractivity contribution in [2.75, 3.05) is 5.32 Å². The highest BCUT2D eigenvalue weighted by molar-refractivity contribution is 7.91. The first-order chi connectivity index (χ1) is 10.5. The molecule has 1 aromatic heterocycles. The number of benzene rings is 1. The predicted octanol–water partition coefficient (Wildman–Crippen LogP) is 1.88. The van der Waals surface area contributed by atoms with E-state index in [9.17, 15) is 13.2 Å². The van der Waals surface area contributed by atoms with Crippen LogP contribution >= 0.6 is 22.9 Å². The number of hydrogen-bond acceptors (Lipinski definition) is 6. The molecule has 0 saturated heterocycles. The molecule has 1 heterocycles. The summed E-state index contributed by atoms with van der Waals surface area (Å²) in [4.78, 5) is 12.1. The first-order valence-corrected chi connectivity index (χ1v) is 9.05. The van der Waals surface area contributed by atoms with Crippen LogP contribution in [0, 0.1) is 0 Å². The Bertz CT molecular complexity index is 817. The van der Waals surface area contributed by atoms with Crippen molar-refractivity contribution in [3.8, 4) is 0 Å². The van der Waals surface area contributed by atoms with Gasteiger partial charge in [-0.25, -0.2) is 13.1 Å². The summed E-state index contributed by atoms with van der Waals surface area (Å²) in [6.45, 7) is 0. The first-order valence-electron chi connectivity index (χ1n) is 6.37. The minimum atomic E-state index is -3.67. The van der Waals surface area contributed by atoms with Crippen LogP contribution in [0.4, 0.5) is 5.13 Å². The van der Waals surface area contributed by atoms with Gasteiger partial charge in [0.05, 0.1) is 10.6 Å². The fourth-order valence-corrected chi connectivity index (χ4v) is 4.09. The van der Waals surface area contributed by atoms with Gasteiger partial charge in [0, 0.05) is 6.04 Å². The minimum Gasteiger partial charge on any atom is -0.296 e. The number of nitrogens with zero attached hydrogens (tertiary/aromatic N) is 2. The molecular weight excluding hydrogens is 348 g/mol. The van der Waals surface area contributed by atoms with Crippen molar-refractivity contribution >= 4 is 44.0 Å². The van der Waals surface area contributed by atoms with Gasteiger partial charge in [0.2, 0.25) is 9.47 Å². The highest BCUT2D eigenvalue weighted by atomic mass is 35.5. The zero-order valence-corrected chi connectivity index (χ0v) is 13.5. The van der Waals surface area contributed by atoms with Gasteiger partial charge in [0.15, 0.2) is 0 Å². The summed E-state index contributed by atoms with van der Waals surface area (Å²) in [5, 5.41) is 10.2. The van der Waals surface area contributed by atoms with Gasteiger partial charge in [0.1, 0.15) is 0 Å². The van der Waals surface area contributed by atoms with Gasteiger partial charge in [-0.2, -0.15) is 0 Å². The van der Waals surface area contributed by atoms with Crippen LogP contribution in [0.25, 0.3) is 0 Å². The standard InChI is InChI=1S/C12H11ClN4O3S2/c13-9-4-2-1-3-8(9)10(18)14-11-15-16-12(21-11)22(19,20)17-7-5-6-7/h1-4,7,17H,5-6H2,(H,14,15,18). The Morgan fingerprint density at radius 2 is 2.00 bits per heavy atom. The van der Waals surface area contributed by atoms with Crippen molar-refractivity contribution in [1.82, 2.24) is 14.9 Å². The van der Waals surface area contributed by atoms with Crippen LogP contribution in [0.15, 0.2) is 28.6 Å². The number of amides is 1. The highest BCUT2D eigenvalue weighted by Crippen LogP contribution is 2.25. The smallest absolute Gasteiger partial charge is 0.270 e. The number of carbonyl (C=O) groups excluding carboxylic acids is 1. The molecule has 7 nitrogen and oxygen atoms in total. The van der Waals surface area contributed by atoms with Gasteiger partial charge in [0.25, 0.3) is 15.9 Å². The zero-order chi connectivity index (χ0) is 15.7. The second-order valence-electron chi connectivity index (χ2n) is 4.70. The summed E-state index contributed by atoms with van der Waals surface area (Å²) in [6, 6.07) is 6.51. The number of sulfonamides is 1. The number of hydrogen-bond donors (Lipinski definition) is 2. The van der Waals surface area contributed by atoms with E-state index in [-0.39, 0.29) is 21.1 Å². The average molecular weight is 359 g/mol. The van der Waals surface area contributed by atoms with Gasteiger partial charge in [-0.3, -0.25) is 10.1 Å². The van der Waals surface area contributed by atoms with Crippen molar-refractivity contribution in [2.45, 2.75) is 23.2 Å². The third kappa shape index (κ3) is 3.43. The molecule has 2 aromatic rings. The van der Waals surface area contributed by atoms with E-state index < -0.39 is 15.9 Å². The van der Waals surface area contributed by atoms with E-state index in [2.05, 4.69) is 20.2 Å². The lowest BCUT2D eigenvalue weighted by atomic mass is 10.2. The van der Waals surface area contributed by atoms with Gasteiger partial charge in [-0.05, 0) is 25.0 Å². The maximum absolute atomic E-state index is 12.1. The number of aromatic nitrogens is 2. The average Bonchev–Trinajstić information content (AvgIpc) is 3.13. The van der Waals surface area contributed by atoms with Crippen LogP contribution in [0.3, 0.4) is 0 Å². The molecule has 1 amide bonds. The van der Waals surface area contributed by atoms with E-state index in [1.165, 1.54) is 0 Å². The Morgan fingerprint density at radius 3 is 2.68 bits per heavy atom. The number of halogens is 1. The molecule has 0 atom stereocenters. The topological polar surface area (TPSA) is 101 Å². The second-order valence-corrected chi connectivity index (χ2v) is 7.98. The SMILES string of the molecule is O=C(Nc1nnc(S(=O)(=O)NC2CC2)s1)c1ccccc1Cl. The van der Waals surface area contributed by atoms with Crippen LogP contribution in [0.2, 0.25) is 5.02 Å². The fourth-order valence-electron chi connectivity index (χ4n) is 1.65. The summed E-state index contributed by atoms with van der Waals surface area (Å²) in [5.74, 6) is -0.471. The quantitative estimate of drug-likeness (QED) is 0.795. The molecule has 1 saturated carbocycles. The zero-order valence-electron chi connectivity index (χ0n) is 11.1. The van der Waals surface area contributed by atoms with Gasteiger partial charge in [-0.15, -0.1) is 10.2 Å². The molecule has 0 aliphatic heterocycles. The number of anilines is 1. The largest absolute Gasteiger partial charge is 0.296 e. The molecule has 0 radical (unpaired) electrons. The lowest BCUT2D eigenvalue weighted by molar-refractivity contribution is 0.102. The Kier molecular flexibility index (Phi) is 4.13. The van der Waals surface area contributed by atoms with E-state index in [1.54, 1.807) is 24.3 Å². The minimum absolute atomic E-state index is 0.0185. The van der Waals surface area contributed by atoms with E-state index in [0.29, 0.717) is 5.02 Å². The van der Waals surface area contributed by atoms with Crippen LogP contribution in [0.5, 0.6) is 0 Å². The van der Waals surface area contributed by atoms with Crippen molar-refractivity contribution in [1.29, 1.82) is 0 Å². The summed E-state index contributed by atoms with van der Waals surface area (Å²) in [7, 11) is -3.67. The molecular formula is C12H11ClN4O3S2. The molecule has 0 unspecified atom stereocenters. The predicted molar refractivity (Wildman–Crippen MR) is 82.7 cm³/mol. The number of carbonyl (C=O) groups is 1. The first kappa shape index (κ1) is 15.3. The third-order valence-corrected chi connectivity index (χ3v) is 5.93. The van der Waals surface area contributed by atoms with Crippen molar-refractivity contribution < 1.29 is 13.2 Å². The van der Waals surface area contributed by atoms with Crippen LogP contribution in [-0.4, -0.2) is 30.6 Å². The monoisotopic (exact) mass is 358 g/mol. The van der Waals surface area contributed by atoms with Crippen LogP contribution in [-0.2, 0) is 10.0 Å². The van der Waals surface area contributed by atoms with Gasteiger partial charge >= 0.3 is 0 Å². The Hall–Kier alpha value is -1.55. The molecule has 2 N–H and O–H groups in total. The van der Waals surface area contributed by atoms with Crippen LogP contribution in [0.1, 0.15) is 23.2 Å². The second kappa shape index (κ2) is 5.92. The summed E-state index contributed by atoms with van der Waals surface area (Å²) in [5.41, 5.74) is 0.278. The normalized spacial score (nSPS) is 14.8. The molecule has 1 fully saturated rings. The Labute approximate surface area is 135 Å².